The maximum atomic E-state index is 13.1. The van der Waals surface area contributed by atoms with Crippen LogP contribution in [0.15, 0.2) is 64.4 Å². The van der Waals surface area contributed by atoms with Gasteiger partial charge in [-0.05, 0) is 29.2 Å². The van der Waals surface area contributed by atoms with E-state index in [2.05, 4.69) is 25.5 Å². The highest BCUT2D eigenvalue weighted by molar-refractivity contribution is 8.00. The lowest BCUT2D eigenvalue weighted by Gasteiger charge is -2.19. The van der Waals surface area contributed by atoms with E-state index in [1.54, 1.807) is 24.3 Å². The summed E-state index contributed by atoms with van der Waals surface area (Å²) >= 11 is 1.08. The minimum atomic E-state index is -3.85. The number of hydrogen-bond acceptors (Lipinski definition) is 5. The monoisotopic (exact) mass is 459 g/mol. The molecule has 2 N–H and O–H groups in total. The number of sulfonamides is 1. The molecule has 0 aliphatic carbocycles. The summed E-state index contributed by atoms with van der Waals surface area (Å²) in [6.07, 6.45) is 0. The summed E-state index contributed by atoms with van der Waals surface area (Å²) in [6, 6.07) is 15.7. The molecule has 0 saturated carbocycles. The zero-order valence-corrected chi connectivity index (χ0v) is 19.4. The number of aliphatic carboxylic acids is 1. The molecule has 0 amide bonds. The number of carbonyl (C=O) groups is 1. The van der Waals surface area contributed by atoms with E-state index in [4.69, 9.17) is 9.84 Å². The standard InChI is InChI=1S/C23H25NO5S2/c1-23(2,3)15-9-11-16(12-10-15)31(27,28)24-19-13-20(30-14-21(25)26)22(29-4)18-8-6-5-7-17(18)19/h5-13,24H,14H2,1-4H3,(H,25,26). The van der Waals surface area contributed by atoms with Crippen molar-refractivity contribution in [3.8, 4) is 5.75 Å². The molecule has 6 nitrogen and oxygen atoms in total. The first-order valence-corrected chi connectivity index (χ1v) is 12.1. The van der Waals surface area contributed by atoms with Crippen LogP contribution in [0.5, 0.6) is 5.75 Å². The van der Waals surface area contributed by atoms with E-state index in [0.29, 0.717) is 27.1 Å². The molecule has 3 aromatic carbocycles. The number of benzene rings is 3. The molecular weight excluding hydrogens is 434 g/mol. The molecule has 0 saturated heterocycles. The molecule has 164 valence electrons. The van der Waals surface area contributed by atoms with Gasteiger partial charge in [-0.1, -0.05) is 57.2 Å². The number of fused-ring (bicyclic) bond motifs is 1. The second-order valence-electron chi connectivity index (χ2n) is 8.06. The Kier molecular flexibility index (Phi) is 6.52. The molecule has 0 bridgehead atoms. The Morgan fingerprint density at radius 1 is 1.06 bits per heavy atom. The average molecular weight is 460 g/mol. The second kappa shape index (κ2) is 8.80. The fourth-order valence-electron chi connectivity index (χ4n) is 3.20. The molecule has 0 heterocycles. The number of nitrogens with one attached hydrogen (secondary N) is 1. The van der Waals surface area contributed by atoms with Gasteiger partial charge in [0.15, 0.2) is 0 Å². The lowest BCUT2D eigenvalue weighted by molar-refractivity contribution is -0.133. The largest absolute Gasteiger partial charge is 0.495 e. The number of carboxylic acid groups (broad SMARTS) is 1. The quantitative estimate of drug-likeness (QED) is 0.476. The van der Waals surface area contributed by atoms with Gasteiger partial charge in [-0.25, -0.2) is 8.42 Å². The molecule has 0 fully saturated rings. The second-order valence-corrected chi connectivity index (χ2v) is 10.8. The average Bonchev–Trinajstić information content (AvgIpc) is 2.71. The number of carboxylic acids is 1. The molecule has 8 heteroatoms. The molecule has 0 aliphatic rings. The van der Waals surface area contributed by atoms with Crippen molar-refractivity contribution in [3.05, 3.63) is 60.2 Å². The summed E-state index contributed by atoms with van der Waals surface area (Å²) in [5.41, 5.74) is 1.32. The van der Waals surface area contributed by atoms with E-state index in [1.807, 2.05) is 30.3 Å². The van der Waals surface area contributed by atoms with Crippen molar-refractivity contribution >= 4 is 44.2 Å². The summed E-state index contributed by atoms with van der Waals surface area (Å²) in [5.74, 6) is -0.629. The Morgan fingerprint density at radius 3 is 2.23 bits per heavy atom. The van der Waals surface area contributed by atoms with Gasteiger partial charge in [-0.2, -0.15) is 0 Å². The topological polar surface area (TPSA) is 92.7 Å². The number of hydrogen-bond donors (Lipinski definition) is 2. The number of anilines is 1. The van der Waals surface area contributed by atoms with E-state index in [1.165, 1.54) is 7.11 Å². The first kappa shape index (κ1) is 23.0. The van der Waals surface area contributed by atoms with E-state index < -0.39 is 16.0 Å². The van der Waals surface area contributed by atoms with Crippen molar-refractivity contribution in [1.82, 2.24) is 0 Å². The molecule has 31 heavy (non-hydrogen) atoms. The van der Waals surface area contributed by atoms with Crippen molar-refractivity contribution in [2.75, 3.05) is 17.6 Å². The van der Waals surface area contributed by atoms with Gasteiger partial charge in [0.05, 0.1) is 28.3 Å². The van der Waals surface area contributed by atoms with Crippen LogP contribution in [0.2, 0.25) is 0 Å². The number of ether oxygens (including phenoxy) is 1. The van der Waals surface area contributed by atoms with Crippen molar-refractivity contribution in [2.45, 2.75) is 36.0 Å². The zero-order valence-electron chi connectivity index (χ0n) is 17.8. The molecule has 0 unspecified atom stereocenters. The van der Waals surface area contributed by atoms with E-state index in [9.17, 15) is 13.2 Å². The number of methoxy groups -OCH3 is 1. The highest BCUT2D eigenvalue weighted by Crippen LogP contribution is 2.41. The van der Waals surface area contributed by atoms with Crippen molar-refractivity contribution in [3.63, 3.8) is 0 Å². The van der Waals surface area contributed by atoms with Crippen LogP contribution < -0.4 is 9.46 Å². The van der Waals surface area contributed by atoms with Crippen LogP contribution >= 0.6 is 11.8 Å². The van der Waals surface area contributed by atoms with E-state index in [-0.39, 0.29) is 16.1 Å². The molecule has 3 aromatic rings. The molecule has 0 radical (unpaired) electrons. The third kappa shape index (κ3) is 5.14. The third-order valence-corrected chi connectivity index (χ3v) is 7.18. The van der Waals surface area contributed by atoms with Gasteiger partial charge in [0, 0.05) is 10.8 Å². The maximum absolute atomic E-state index is 13.1. The Hall–Kier alpha value is -2.71. The fourth-order valence-corrected chi connectivity index (χ4v) is 5.08. The van der Waals surface area contributed by atoms with Gasteiger partial charge in [0.25, 0.3) is 10.0 Å². The van der Waals surface area contributed by atoms with Crippen LogP contribution in [0.4, 0.5) is 5.69 Å². The van der Waals surface area contributed by atoms with E-state index >= 15 is 0 Å². The highest BCUT2D eigenvalue weighted by atomic mass is 32.2. The fraction of sp³-hybridized carbons (Fsp3) is 0.261. The van der Waals surface area contributed by atoms with Crippen LogP contribution in [0.3, 0.4) is 0 Å². The summed E-state index contributed by atoms with van der Waals surface area (Å²) < 4.78 is 34.4. The van der Waals surface area contributed by atoms with Gasteiger partial charge in [-0.15, -0.1) is 11.8 Å². The lowest BCUT2D eigenvalue weighted by atomic mass is 9.87. The van der Waals surface area contributed by atoms with Crippen LogP contribution in [0.1, 0.15) is 26.3 Å². The predicted octanol–water partition coefficient (Wildman–Crippen LogP) is 5.12. The summed E-state index contributed by atoms with van der Waals surface area (Å²) in [4.78, 5) is 11.8. The van der Waals surface area contributed by atoms with Crippen molar-refractivity contribution in [2.24, 2.45) is 0 Å². The van der Waals surface area contributed by atoms with Crippen molar-refractivity contribution < 1.29 is 23.1 Å². The normalized spacial score (nSPS) is 12.0. The van der Waals surface area contributed by atoms with Crippen LogP contribution in [0, 0.1) is 0 Å². The Morgan fingerprint density at radius 2 is 1.68 bits per heavy atom. The highest BCUT2D eigenvalue weighted by Gasteiger charge is 2.21. The smallest absolute Gasteiger partial charge is 0.313 e. The van der Waals surface area contributed by atoms with E-state index in [0.717, 1.165) is 17.3 Å². The van der Waals surface area contributed by atoms with Gasteiger partial charge < -0.3 is 9.84 Å². The van der Waals surface area contributed by atoms with Gasteiger partial charge in [0.2, 0.25) is 0 Å². The first-order chi connectivity index (χ1) is 14.5. The summed E-state index contributed by atoms with van der Waals surface area (Å²) in [5, 5.41) is 10.4. The molecule has 0 atom stereocenters. The molecule has 0 spiro atoms. The molecular formula is C23H25NO5S2. The Labute approximate surface area is 186 Å². The SMILES string of the molecule is COc1c(SCC(=O)O)cc(NS(=O)(=O)c2ccc(C(C)(C)C)cc2)c2ccccc12. The zero-order chi connectivity index (χ0) is 22.8. The summed E-state index contributed by atoms with van der Waals surface area (Å²) in [6.45, 7) is 6.19. The molecule has 0 aliphatic heterocycles. The molecule has 0 aromatic heterocycles. The van der Waals surface area contributed by atoms with Gasteiger partial charge in [0.1, 0.15) is 5.75 Å². The van der Waals surface area contributed by atoms with Gasteiger partial charge in [-0.3, -0.25) is 9.52 Å². The molecule has 3 rings (SSSR count). The predicted molar refractivity (Wildman–Crippen MR) is 125 cm³/mol. The minimum Gasteiger partial charge on any atom is -0.495 e. The Balaban J connectivity index is 2.06. The number of thioether (sulfide) groups is 1. The van der Waals surface area contributed by atoms with Crippen LogP contribution in [-0.2, 0) is 20.2 Å². The minimum absolute atomic E-state index is 0.0851. The number of rotatable bonds is 7. The van der Waals surface area contributed by atoms with Gasteiger partial charge >= 0.3 is 5.97 Å². The maximum Gasteiger partial charge on any atom is 0.313 e. The van der Waals surface area contributed by atoms with Crippen LogP contribution in [0.25, 0.3) is 10.8 Å². The van der Waals surface area contributed by atoms with Crippen LogP contribution in [-0.4, -0.2) is 32.4 Å². The Bertz CT molecular complexity index is 1210. The lowest BCUT2D eigenvalue weighted by Crippen LogP contribution is -2.15. The first-order valence-electron chi connectivity index (χ1n) is 9.60. The third-order valence-electron chi connectivity index (χ3n) is 4.79. The summed E-state index contributed by atoms with van der Waals surface area (Å²) in [7, 11) is -2.34. The van der Waals surface area contributed by atoms with Crippen molar-refractivity contribution in [1.29, 1.82) is 0 Å².